The molecule has 0 amide bonds. The van der Waals surface area contributed by atoms with E-state index in [1.165, 1.54) is 38.6 Å². The van der Waals surface area contributed by atoms with Crippen molar-refractivity contribution >= 4 is 11.4 Å². The molecule has 2 atom stereocenters. The molecule has 1 heterocycles. The summed E-state index contributed by atoms with van der Waals surface area (Å²) in [5.74, 6) is 0. The van der Waals surface area contributed by atoms with Gasteiger partial charge in [-0.25, -0.2) is 0 Å². The van der Waals surface area contributed by atoms with Gasteiger partial charge < -0.3 is 9.89 Å². The van der Waals surface area contributed by atoms with E-state index in [0.29, 0.717) is 17.5 Å². The average Bonchev–Trinajstić information content (AvgIpc) is 2.54. The molecule has 0 aliphatic carbocycles. The fourth-order valence-corrected chi connectivity index (χ4v) is 3.50. The molecule has 0 radical (unpaired) electrons. The van der Waals surface area contributed by atoms with Crippen molar-refractivity contribution in [1.82, 2.24) is 0 Å². The highest BCUT2D eigenvalue weighted by Crippen LogP contribution is 2.24. The molecule has 3 nitrogen and oxygen atoms in total. The lowest BCUT2D eigenvalue weighted by Gasteiger charge is -2.43. The smallest absolute Gasteiger partial charge is 0.106 e. The second-order valence-electron chi connectivity index (χ2n) is 7.53. The van der Waals surface area contributed by atoms with Gasteiger partial charge in [-0.15, -0.1) is 0 Å². The van der Waals surface area contributed by atoms with Gasteiger partial charge >= 0.3 is 0 Å². The van der Waals surface area contributed by atoms with E-state index >= 15 is 0 Å². The summed E-state index contributed by atoms with van der Waals surface area (Å²) < 4.78 is 1.04. The first-order valence-corrected chi connectivity index (χ1v) is 9.64. The van der Waals surface area contributed by atoms with Gasteiger partial charge in [0, 0.05) is 12.0 Å². The van der Waals surface area contributed by atoms with Gasteiger partial charge in [0.05, 0.1) is 31.1 Å². The van der Waals surface area contributed by atoms with Gasteiger partial charge in [0.15, 0.2) is 0 Å². The van der Waals surface area contributed by atoms with Crippen LogP contribution in [0.5, 0.6) is 0 Å². The van der Waals surface area contributed by atoms with Crippen molar-refractivity contribution in [3.8, 4) is 0 Å². The highest BCUT2D eigenvalue weighted by molar-refractivity contribution is 6.46. The second kappa shape index (κ2) is 10.0. The minimum absolute atomic E-state index is 0.505. The van der Waals surface area contributed by atoms with E-state index in [2.05, 4.69) is 33.9 Å². The maximum Gasteiger partial charge on any atom is 0.106 e. The van der Waals surface area contributed by atoms with E-state index in [1.807, 2.05) is 0 Å². The van der Waals surface area contributed by atoms with Crippen LogP contribution in [0, 0.1) is 10.8 Å². The molecular formula is C20H38N3+. The lowest BCUT2D eigenvalue weighted by Crippen LogP contribution is -2.54. The Morgan fingerprint density at radius 1 is 1.13 bits per heavy atom. The standard InChI is InChI=1S/C20H38N3/c1-5-7-9-12-17(3)23(4)15-11-13-18(16-23)20(22)19(21)14-10-8-6-2/h13,17,21-22H,5-12,14-16H2,1-4H3/q+1. The Labute approximate surface area is 143 Å². The van der Waals surface area contributed by atoms with E-state index in [9.17, 15) is 0 Å². The van der Waals surface area contributed by atoms with Crippen LogP contribution < -0.4 is 0 Å². The van der Waals surface area contributed by atoms with Crippen molar-refractivity contribution in [2.24, 2.45) is 0 Å². The van der Waals surface area contributed by atoms with Gasteiger partial charge in [-0.3, -0.25) is 5.41 Å². The monoisotopic (exact) mass is 320 g/mol. The third kappa shape index (κ3) is 6.21. The van der Waals surface area contributed by atoms with Crippen LogP contribution in [0.1, 0.15) is 78.6 Å². The van der Waals surface area contributed by atoms with Gasteiger partial charge in [-0.2, -0.15) is 0 Å². The number of likely N-dealkylation sites (N-methyl/N-ethyl adjacent to an activating group) is 1. The molecule has 2 N–H and O–H groups in total. The summed E-state index contributed by atoms with van der Waals surface area (Å²) in [7, 11) is 2.34. The first kappa shape index (κ1) is 20.1. The first-order valence-electron chi connectivity index (χ1n) is 9.64. The zero-order valence-electron chi connectivity index (χ0n) is 15.9. The van der Waals surface area contributed by atoms with Crippen LogP contribution in [0.2, 0.25) is 0 Å². The average molecular weight is 321 g/mol. The molecule has 0 bridgehead atoms. The first-order chi connectivity index (χ1) is 10.9. The van der Waals surface area contributed by atoms with E-state index < -0.39 is 0 Å². The topological polar surface area (TPSA) is 47.7 Å². The van der Waals surface area contributed by atoms with E-state index in [1.54, 1.807) is 0 Å². The van der Waals surface area contributed by atoms with Crippen LogP contribution in [0.15, 0.2) is 11.6 Å². The number of rotatable bonds is 11. The zero-order chi connectivity index (χ0) is 17.3. The third-order valence-corrected chi connectivity index (χ3v) is 5.50. The van der Waals surface area contributed by atoms with Crippen LogP contribution in [0.3, 0.4) is 0 Å². The molecule has 1 aliphatic heterocycles. The molecule has 23 heavy (non-hydrogen) atoms. The van der Waals surface area contributed by atoms with Gasteiger partial charge in [0.1, 0.15) is 6.54 Å². The summed E-state index contributed by atoms with van der Waals surface area (Å²) in [5.41, 5.74) is 2.16. The predicted octanol–water partition coefficient (Wildman–Crippen LogP) is 5.35. The summed E-state index contributed by atoms with van der Waals surface area (Å²) in [5, 5.41) is 16.6. The molecule has 0 aromatic heterocycles. The summed E-state index contributed by atoms with van der Waals surface area (Å²) in [6, 6.07) is 0.646. The maximum atomic E-state index is 8.41. The van der Waals surface area contributed by atoms with Crippen molar-refractivity contribution in [2.75, 3.05) is 20.1 Å². The molecule has 1 rings (SSSR count). The number of unbranched alkanes of at least 4 members (excludes halogenated alkanes) is 4. The predicted molar refractivity (Wildman–Crippen MR) is 102 cm³/mol. The van der Waals surface area contributed by atoms with Crippen molar-refractivity contribution in [3.05, 3.63) is 11.6 Å². The molecule has 0 fully saturated rings. The highest BCUT2D eigenvalue weighted by Gasteiger charge is 2.33. The summed E-state index contributed by atoms with van der Waals surface area (Å²) in [6.07, 6.45) is 12.6. The Kier molecular flexibility index (Phi) is 8.75. The second-order valence-corrected chi connectivity index (χ2v) is 7.53. The number of quaternary nitrogens is 1. The normalized spacial score (nSPS) is 22.5. The Balaban J connectivity index is 2.60. The minimum atomic E-state index is 0.505. The third-order valence-electron chi connectivity index (χ3n) is 5.50. The van der Waals surface area contributed by atoms with Crippen molar-refractivity contribution in [2.45, 2.75) is 84.6 Å². The van der Waals surface area contributed by atoms with Crippen LogP contribution >= 0.6 is 0 Å². The van der Waals surface area contributed by atoms with Gasteiger partial charge in [0.2, 0.25) is 0 Å². The van der Waals surface area contributed by atoms with Gasteiger partial charge in [-0.1, -0.05) is 45.6 Å². The molecular weight excluding hydrogens is 282 g/mol. The SMILES string of the molecule is CCCCCC(=N)C(=N)C1=CCC[N+](C)(C(C)CCCCC)C1. The molecule has 0 aromatic carbocycles. The number of nitrogens with one attached hydrogen (secondary N) is 2. The molecule has 0 saturated heterocycles. The molecule has 3 heteroatoms. The van der Waals surface area contributed by atoms with Gasteiger partial charge in [0.25, 0.3) is 0 Å². The number of hydrogen-bond donors (Lipinski definition) is 2. The van der Waals surface area contributed by atoms with Crippen LogP contribution in [0.25, 0.3) is 0 Å². The number of nitrogens with zero attached hydrogens (tertiary/aromatic N) is 1. The molecule has 1 aliphatic rings. The molecule has 0 saturated carbocycles. The van der Waals surface area contributed by atoms with Gasteiger partial charge in [-0.05, 0) is 32.6 Å². The van der Waals surface area contributed by atoms with Crippen molar-refractivity contribution in [1.29, 1.82) is 10.8 Å². The fraction of sp³-hybridized carbons (Fsp3) is 0.800. The van der Waals surface area contributed by atoms with Crippen molar-refractivity contribution < 1.29 is 4.48 Å². The van der Waals surface area contributed by atoms with Crippen molar-refractivity contribution in [3.63, 3.8) is 0 Å². The summed E-state index contributed by atoms with van der Waals surface area (Å²) in [6.45, 7) is 8.92. The van der Waals surface area contributed by atoms with E-state index in [0.717, 1.165) is 42.3 Å². The number of hydrogen-bond acceptors (Lipinski definition) is 2. The van der Waals surface area contributed by atoms with E-state index in [-0.39, 0.29) is 0 Å². The van der Waals surface area contributed by atoms with Crippen LogP contribution in [-0.4, -0.2) is 42.1 Å². The molecule has 2 unspecified atom stereocenters. The summed E-state index contributed by atoms with van der Waals surface area (Å²) >= 11 is 0. The lowest BCUT2D eigenvalue weighted by atomic mass is 9.94. The zero-order valence-corrected chi connectivity index (χ0v) is 15.9. The Morgan fingerprint density at radius 2 is 1.78 bits per heavy atom. The Hall–Kier alpha value is -0.960. The quantitative estimate of drug-likeness (QED) is 0.293. The highest BCUT2D eigenvalue weighted by atomic mass is 15.4. The minimum Gasteiger partial charge on any atom is -0.320 e. The molecule has 132 valence electrons. The lowest BCUT2D eigenvalue weighted by molar-refractivity contribution is -0.928. The molecule has 0 aromatic rings. The fourth-order valence-electron chi connectivity index (χ4n) is 3.50. The summed E-state index contributed by atoms with van der Waals surface area (Å²) in [4.78, 5) is 0. The largest absolute Gasteiger partial charge is 0.320 e. The van der Waals surface area contributed by atoms with Crippen LogP contribution in [-0.2, 0) is 0 Å². The molecule has 0 spiro atoms. The Bertz CT molecular complexity index is 425. The van der Waals surface area contributed by atoms with Crippen LogP contribution in [0.4, 0.5) is 0 Å². The maximum absolute atomic E-state index is 8.41. The Morgan fingerprint density at radius 3 is 2.43 bits per heavy atom. The van der Waals surface area contributed by atoms with E-state index in [4.69, 9.17) is 10.8 Å².